The van der Waals surface area contributed by atoms with Crippen molar-refractivity contribution in [2.24, 2.45) is 0 Å². The summed E-state index contributed by atoms with van der Waals surface area (Å²) in [5, 5.41) is 8.83. The zero-order chi connectivity index (χ0) is 27.2. The van der Waals surface area contributed by atoms with Gasteiger partial charge in [-0.1, -0.05) is 54.6 Å². The van der Waals surface area contributed by atoms with Crippen LogP contribution in [0.4, 0.5) is 0 Å². The summed E-state index contributed by atoms with van der Waals surface area (Å²) in [6.07, 6.45) is 3.27. The molecular formula is C30H25N3O6. The monoisotopic (exact) mass is 523 g/mol. The first-order chi connectivity index (χ1) is 19.0. The van der Waals surface area contributed by atoms with Gasteiger partial charge in [0, 0.05) is 23.5 Å². The highest BCUT2D eigenvalue weighted by Crippen LogP contribution is 2.34. The zero-order valence-electron chi connectivity index (χ0n) is 21.3. The molecule has 0 amide bonds. The molecule has 196 valence electrons. The molecule has 9 nitrogen and oxygen atoms in total. The molecule has 5 rings (SSSR count). The van der Waals surface area contributed by atoms with Gasteiger partial charge in [-0.25, -0.2) is 19.7 Å². The maximum absolute atomic E-state index is 10.8. The molecule has 0 unspecified atom stereocenters. The Hall–Kier alpha value is -5.18. The van der Waals surface area contributed by atoms with E-state index in [1.807, 2.05) is 49.4 Å². The van der Waals surface area contributed by atoms with E-state index in [-0.39, 0.29) is 12.6 Å². The van der Waals surface area contributed by atoms with Crippen LogP contribution in [0.1, 0.15) is 11.5 Å². The van der Waals surface area contributed by atoms with E-state index in [0.717, 1.165) is 22.3 Å². The quantitative estimate of drug-likeness (QED) is 0.241. The first-order valence-corrected chi connectivity index (χ1v) is 12.1. The summed E-state index contributed by atoms with van der Waals surface area (Å²) in [5.41, 5.74) is 5.05. The van der Waals surface area contributed by atoms with E-state index in [1.54, 1.807) is 30.6 Å². The van der Waals surface area contributed by atoms with Crippen LogP contribution in [0.2, 0.25) is 0 Å². The fourth-order valence-electron chi connectivity index (χ4n) is 3.96. The van der Waals surface area contributed by atoms with Crippen molar-refractivity contribution in [1.29, 1.82) is 0 Å². The minimum atomic E-state index is -1.04. The number of methoxy groups -OCH3 is 1. The van der Waals surface area contributed by atoms with Crippen molar-refractivity contribution in [2.45, 2.75) is 13.5 Å². The predicted molar refractivity (Wildman–Crippen MR) is 144 cm³/mol. The molecule has 0 atom stereocenters. The van der Waals surface area contributed by atoms with E-state index in [0.29, 0.717) is 34.4 Å². The van der Waals surface area contributed by atoms with Crippen molar-refractivity contribution in [3.8, 4) is 51.2 Å². The third kappa shape index (κ3) is 6.04. The summed E-state index contributed by atoms with van der Waals surface area (Å²) in [6, 6.07) is 23.6. The van der Waals surface area contributed by atoms with Gasteiger partial charge in [-0.3, -0.25) is 0 Å². The van der Waals surface area contributed by atoms with Gasteiger partial charge in [-0.05, 0) is 41.8 Å². The minimum absolute atomic E-state index is 0.0703. The molecule has 0 saturated heterocycles. The van der Waals surface area contributed by atoms with Crippen LogP contribution < -0.4 is 14.2 Å². The minimum Gasteiger partial charge on any atom is -0.484 e. The number of hydrogen-bond acceptors (Lipinski definition) is 8. The first-order valence-electron chi connectivity index (χ1n) is 12.1. The third-order valence-corrected chi connectivity index (χ3v) is 5.87. The molecule has 1 N–H and O–H groups in total. The Morgan fingerprint density at radius 1 is 0.872 bits per heavy atom. The number of carboxylic acids is 1. The van der Waals surface area contributed by atoms with Crippen LogP contribution >= 0.6 is 0 Å². The average molecular weight is 524 g/mol. The second kappa shape index (κ2) is 11.5. The first kappa shape index (κ1) is 25.5. The molecule has 9 heteroatoms. The van der Waals surface area contributed by atoms with Crippen LogP contribution in [0.15, 0.2) is 89.6 Å². The lowest BCUT2D eigenvalue weighted by Crippen LogP contribution is -2.10. The average Bonchev–Trinajstić information content (AvgIpc) is 3.40. The Balaban J connectivity index is 1.41. The molecule has 0 radical (unpaired) electrons. The number of hydrogen-bond donors (Lipinski definition) is 1. The number of aryl methyl sites for hydroxylation is 1. The van der Waals surface area contributed by atoms with Gasteiger partial charge >= 0.3 is 12.0 Å². The maximum Gasteiger partial charge on any atom is 0.341 e. The van der Waals surface area contributed by atoms with E-state index >= 15 is 0 Å². The van der Waals surface area contributed by atoms with Gasteiger partial charge in [-0.2, -0.15) is 0 Å². The van der Waals surface area contributed by atoms with Crippen molar-refractivity contribution >= 4 is 5.97 Å². The van der Waals surface area contributed by atoms with Gasteiger partial charge in [0.15, 0.2) is 19.0 Å². The fourth-order valence-corrected chi connectivity index (χ4v) is 3.96. The summed E-state index contributed by atoms with van der Waals surface area (Å²) in [7, 11) is 1.51. The molecule has 0 spiro atoms. The normalized spacial score (nSPS) is 10.7. The van der Waals surface area contributed by atoms with Gasteiger partial charge < -0.3 is 23.7 Å². The Labute approximate surface area is 224 Å². The van der Waals surface area contributed by atoms with E-state index in [4.69, 9.17) is 28.7 Å². The molecule has 0 fully saturated rings. The standard InChI is InChI=1S/C30H25N3O6/c1-19-14-24(12-13-25(19)38-18-27(34)35)37-17-26-33-28(23-15-31-30(36-2)32-16-23)29(39-26)22-10-8-21(9-11-22)20-6-4-3-5-7-20/h3-16H,17-18H2,1-2H3,(H,34,35). The summed E-state index contributed by atoms with van der Waals surface area (Å²) < 4.78 is 22.5. The molecule has 2 heterocycles. The molecule has 0 bridgehead atoms. The van der Waals surface area contributed by atoms with E-state index in [2.05, 4.69) is 22.1 Å². The van der Waals surface area contributed by atoms with Crippen molar-refractivity contribution in [2.75, 3.05) is 13.7 Å². The molecule has 0 aliphatic rings. The highest BCUT2D eigenvalue weighted by atomic mass is 16.5. The Morgan fingerprint density at radius 2 is 1.56 bits per heavy atom. The van der Waals surface area contributed by atoms with Crippen molar-refractivity contribution < 1.29 is 28.5 Å². The fraction of sp³-hybridized carbons (Fsp3) is 0.133. The molecule has 39 heavy (non-hydrogen) atoms. The van der Waals surface area contributed by atoms with E-state index in [1.165, 1.54) is 7.11 Å². The third-order valence-electron chi connectivity index (χ3n) is 5.87. The van der Waals surface area contributed by atoms with E-state index in [9.17, 15) is 4.79 Å². The lowest BCUT2D eigenvalue weighted by molar-refractivity contribution is -0.139. The largest absolute Gasteiger partial charge is 0.484 e. The van der Waals surface area contributed by atoms with Crippen molar-refractivity contribution in [3.05, 3.63) is 96.6 Å². The topological polar surface area (TPSA) is 117 Å². The molecular weight excluding hydrogens is 498 g/mol. The molecule has 3 aromatic carbocycles. The van der Waals surface area contributed by atoms with Crippen molar-refractivity contribution in [3.63, 3.8) is 0 Å². The maximum atomic E-state index is 10.8. The number of nitrogens with zero attached hydrogens (tertiary/aromatic N) is 3. The lowest BCUT2D eigenvalue weighted by Gasteiger charge is -2.09. The number of aromatic nitrogens is 3. The van der Waals surface area contributed by atoms with Gasteiger partial charge in [0.1, 0.15) is 17.2 Å². The number of carbonyl (C=O) groups is 1. The Bertz CT molecular complexity index is 1570. The summed E-state index contributed by atoms with van der Waals surface area (Å²) in [4.78, 5) is 23.9. The van der Waals surface area contributed by atoms with Crippen LogP contribution in [0.5, 0.6) is 17.5 Å². The number of rotatable bonds is 10. The highest BCUT2D eigenvalue weighted by molar-refractivity contribution is 5.78. The number of ether oxygens (including phenoxy) is 3. The van der Waals surface area contributed by atoms with Crippen molar-refractivity contribution in [1.82, 2.24) is 15.0 Å². The Kier molecular flexibility index (Phi) is 7.49. The number of oxazole rings is 1. The molecule has 0 saturated carbocycles. The van der Waals surface area contributed by atoms with Crippen LogP contribution in [0.3, 0.4) is 0 Å². The lowest BCUT2D eigenvalue weighted by atomic mass is 10.0. The second-order valence-electron chi connectivity index (χ2n) is 8.59. The molecule has 5 aromatic rings. The van der Waals surface area contributed by atoms with Gasteiger partial charge in [0.05, 0.1) is 7.11 Å². The number of aliphatic carboxylic acids is 1. The number of benzene rings is 3. The van der Waals surface area contributed by atoms with Crippen LogP contribution in [0.25, 0.3) is 33.7 Å². The van der Waals surface area contributed by atoms with Crippen LogP contribution in [0, 0.1) is 6.92 Å². The zero-order valence-corrected chi connectivity index (χ0v) is 21.3. The highest BCUT2D eigenvalue weighted by Gasteiger charge is 2.19. The summed E-state index contributed by atoms with van der Waals surface area (Å²) in [5.74, 6) is 0.935. The molecule has 0 aliphatic heterocycles. The Morgan fingerprint density at radius 3 is 2.23 bits per heavy atom. The van der Waals surface area contributed by atoms with Gasteiger partial charge in [0.25, 0.3) is 0 Å². The summed E-state index contributed by atoms with van der Waals surface area (Å²) >= 11 is 0. The van der Waals surface area contributed by atoms with Crippen LogP contribution in [-0.4, -0.2) is 39.7 Å². The predicted octanol–water partition coefficient (Wildman–Crippen LogP) is 5.83. The smallest absolute Gasteiger partial charge is 0.341 e. The van der Waals surface area contributed by atoms with Crippen LogP contribution in [-0.2, 0) is 11.4 Å². The summed E-state index contributed by atoms with van der Waals surface area (Å²) in [6.45, 7) is 1.47. The van der Waals surface area contributed by atoms with E-state index < -0.39 is 12.6 Å². The van der Waals surface area contributed by atoms with Gasteiger partial charge in [-0.15, -0.1) is 0 Å². The van der Waals surface area contributed by atoms with Gasteiger partial charge in [0.2, 0.25) is 5.89 Å². The SMILES string of the molecule is COc1ncc(-c2nc(COc3ccc(OCC(=O)O)c(C)c3)oc2-c2ccc(-c3ccccc3)cc2)cn1. The molecule has 2 aromatic heterocycles. The number of carboxylic acid groups (broad SMARTS) is 1. The molecule has 0 aliphatic carbocycles. The second-order valence-corrected chi connectivity index (χ2v) is 8.59.